The first-order chi connectivity index (χ1) is 13.6. The molecular formula is C23H23N3O2. The van der Waals surface area contributed by atoms with E-state index in [1.54, 1.807) is 23.2 Å². The van der Waals surface area contributed by atoms with E-state index in [0.29, 0.717) is 5.56 Å². The molecular weight excluding hydrogens is 350 g/mol. The zero-order valence-corrected chi connectivity index (χ0v) is 16.1. The van der Waals surface area contributed by atoms with E-state index in [-0.39, 0.29) is 29.1 Å². The van der Waals surface area contributed by atoms with Crippen molar-refractivity contribution in [2.75, 3.05) is 0 Å². The van der Waals surface area contributed by atoms with E-state index in [1.165, 1.54) is 0 Å². The molecule has 4 rings (SSSR count). The van der Waals surface area contributed by atoms with E-state index in [4.69, 9.17) is 0 Å². The summed E-state index contributed by atoms with van der Waals surface area (Å²) in [7, 11) is 0. The Morgan fingerprint density at radius 3 is 2.46 bits per heavy atom. The third-order valence-electron chi connectivity index (χ3n) is 5.31. The summed E-state index contributed by atoms with van der Waals surface area (Å²) in [4.78, 5) is 30.2. The van der Waals surface area contributed by atoms with Gasteiger partial charge in [-0.25, -0.2) is 0 Å². The molecule has 3 aromatic rings. The van der Waals surface area contributed by atoms with Crippen LogP contribution in [0.2, 0.25) is 0 Å². The van der Waals surface area contributed by atoms with Gasteiger partial charge in [-0.1, -0.05) is 24.3 Å². The molecule has 0 spiro atoms. The van der Waals surface area contributed by atoms with Crippen LogP contribution in [0, 0.1) is 13.8 Å². The van der Waals surface area contributed by atoms with Crippen LogP contribution >= 0.6 is 0 Å². The lowest BCUT2D eigenvalue weighted by molar-refractivity contribution is 0.0940. The number of pyridine rings is 2. The molecule has 0 aliphatic heterocycles. The van der Waals surface area contributed by atoms with Crippen molar-refractivity contribution in [2.45, 2.75) is 38.8 Å². The largest absolute Gasteiger partial charge is 0.341 e. The van der Waals surface area contributed by atoms with Crippen LogP contribution < -0.4 is 10.9 Å². The monoisotopic (exact) mass is 373 g/mol. The number of aryl methyl sites for hydroxylation is 2. The van der Waals surface area contributed by atoms with Gasteiger partial charge < -0.3 is 9.88 Å². The zero-order chi connectivity index (χ0) is 19.7. The minimum Gasteiger partial charge on any atom is -0.341 e. The smallest absolute Gasteiger partial charge is 0.263 e. The van der Waals surface area contributed by atoms with Gasteiger partial charge in [0.05, 0.1) is 6.04 Å². The molecule has 1 N–H and O–H groups in total. The van der Waals surface area contributed by atoms with Gasteiger partial charge in [0.15, 0.2) is 0 Å². The SMILES string of the molecule is Cc1ccccc1C(NC(=O)c1c(C)ccn(C2CC2)c1=O)c1ccncc1. The summed E-state index contributed by atoms with van der Waals surface area (Å²) < 4.78 is 1.69. The molecule has 0 radical (unpaired) electrons. The number of aromatic nitrogens is 2. The van der Waals surface area contributed by atoms with Gasteiger partial charge in [-0.15, -0.1) is 0 Å². The molecule has 1 aliphatic rings. The van der Waals surface area contributed by atoms with E-state index < -0.39 is 0 Å². The molecule has 2 aromatic heterocycles. The third-order valence-corrected chi connectivity index (χ3v) is 5.31. The maximum Gasteiger partial charge on any atom is 0.263 e. The van der Waals surface area contributed by atoms with Crippen molar-refractivity contribution in [1.29, 1.82) is 0 Å². The van der Waals surface area contributed by atoms with E-state index in [1.807, 2.05) is 56.3 Å². The van der Waals surface area contributed by atoms with Gasteiger partial charge in [0.2, 0.25) is 0 Å². The molecule has 1 atom stereocenters. The minimum absolute atomic E-state index is 0.210. The van der Waals surface area contributed by atoms with E-state index in [9.17, 15) is 9.59 Å². The number of amides is 1. The van der Waals surface area contributed by atoms with Gasteiger partial charge in [-0.05, 0) is 67.1 Å². The van der Waals surface area contributed by atoms with Crippen LogP contribution in [0.4, 0.5) is 0 Å². The molecule has 5 heteroatoms. The van der Waals surface area contributed by atoms with Crippen LogP contribution in [-0.4, -0.2) is 15.5 Å². The molecule has 1 fully saturated rings. The van der Waals surface area contributed by atoms with Crippen molar-refractivity contribution in [2.24, 2.45) is 0 Å². The zero-order valence-electron chi connectivity index (χ0n) is 16.1. The average molecular weight is 373 g/mol. The minimum atomic E-state index is -0.356. The topological polar surface area (TPSA) is 64.0 Å². The van der Waals surface area contributed by atoms with Crippen molar-refractivity contribution < 1.29 is 4.79 Å². The maximum atomic E-state index is 13.2. The highest BCUT2D eigenvalue weighted by molar-refractivity contribution is 5.95. The van der Waals surface area contributed by atoms with Crippen LogP contribution in [0.5, 0.6) is 0 Å². The predicted molar refractivity (Wildman–Crippen MR) is 108 cm³/mol. The van der Waals surface area contributed by atoms with Crippen molar-refractivity contribution in [3.63, 3.8) is 0 Å². The van der Waals surface area contributed by atoms with Gasteiger partial charge in [0, 0.05) is 24.6 Å². The second-order valence-corrected chi connectivity index (χ2v) is 7.36. The summed E-state index contributed by atoms with van der Waals surface area (Å²) in [6.45, 7) is 3.83. The van der Waals surface area contributed by atoms with Gasteiger partial charge in [-0.3, -0.25) is 14.6 Å². The third kappa shape index (κ3) is 3.48. The highest BCUT2D eigenvalue weighted by atomic mass is 16.2. The first-order valence-corrected chi connectivity index (χ1v) is 9.54. The highest BCUT2D eigenvalue weighted by Gasteiger charge is 2.28. The average Bonchev–Trinajstić information content (AvgIpc) is 3.53. The summed E-state index contributed by atoms with van der Waals surface area (Å²) in [5.41, 5.74) is 3.70. The molecule has 1 unspecified atom stereocenters. The first-order valence-electron chi connectivity index (χ1n) is 9.54. The van der Waals surface area contributed by atoms with Crippen molar-refractivity contribution in [1.82, 2.24) is 14.9 Å². The second-order valence-electron chi connectivity index (χ2n) is 7.36. The Kier molecular flexibility index (Phi) is 4.82. The molecule has 1 aliphatic carbocycles. The van der Waals surface area contributed by atoms with E-state index in [0.717, 1.165) is 29.5 Å². The Balaban J connectivity index is 1.74. The van der Waals surface area contributed by atoms with Crippen LogP contribution in [0.3, 0.4) is 0 Å². The number of hydrogen-bond acceptors (Lipinski definition) is 3. The first kappa shape index (κ1) is 18.2. The number of nitrogens with zero attached hydrogens (tertiary/aromatic N) is 2. The fraction of sp³-hybridized carbons (Fsp3) is 0.261. The second kappa shape index (κ2) is 7.43. The van der Waals surface area contributed by atoms with Crippen LogP contribution in [0.1, 0.15) is 57.5 Å². The van der Waals surface area contributed by atoms with Crippen LogP contribution in [-0.2, 0) is 0 Å². The van der Waals surface area contributed by atoms with Crippen LogP contribution in [0.25, 0.3) is 0 Å². The quantitative estimate of drug-likeness (QED) is 0.741. The van der Waals surface area contributed by atoms with Gasteiger partial charge >= 0.3 is 0 Å². The number of rotatable bonds is 5. The number of carbonyl (C=O) groups is 1. The highest BCUT2D eigenvalue weighted by Crippen LogP contribution is 2.33. The number of benzene rings is 1. The maximum absolute atomic E-state index is 13.2. The molecule has 1 amide bonds. The molecule has 28 heavy (non-hydrogen) atoms. The Morgan fingerprint density at radius 1 is 1.07 bits per heavy atom. The van der Waals surface area contributed by atoms with Gasteiger partial charge in [0.25, 0.3) is 11.5 Å². The fourth-order valence-corrected chi connectivity index (χ4v) is 3.57. The molecule has 0 bridgehead atoms. The lowest BCUT2D eigenvalue weighted by atomic mass is 9.95. The summed E-state index contributed by atoms with van der Waals surface area (Å²) in [5, 5.41) is 3.09. The molecule has 1 aromatic carbocycles. The van der Waals surface area contributed by atoms with Gasteiger partial charge in [0.1, 0.15) is 5.56 Å². The van der Waals surface area contributed by atoms with Gasteiger partial charge in [-0.2, -0.15) is 0 Å². The normalized spacial score (nSPS) is 14.5. The molecule has 1 saturated carbocycles. The molecule has 142 valence electrons. The van der Waals surface area contributed by atoms with E-state index >= 15 is 0 Å². The van der Waals surface area contributed by atoms with Crippen LogP contribution in [0.15, 0.2) is 65.8 Å². The van der Waals surface area contributed by atoms with Crippen molar-refractivity contribution >= 4 is 5.91 Å². The molecule has 5 nitrogen and oxygen atoms in total. The number of nitrogens with one attached hydrogen (secondary N) is 1. The Bertz CT molecular complexity index is 1070. The van der Waals surface area contributed by atoms with Crippen molar-refractivity contribution in [3.05, 3.63) is 99.2 Å². The molecule has 0 saturated heterocycles. The predicted octanol–water partition coefficient (Wildman–Crippen LogP) is 3.71. The Hall–Kier alpha value is -3.21. The fourth-order valence-electron chi connectivity index (χ4n) is 3.57. The molecule has 2 heterocycles. The lowest BCUT2D eigenvalue weighted by Crippen LogP contribution is -2.36. The Labute approximate surface area is 164 Å². The lowest BCUT2D eigenvalue weighted by Gasteiger charge is -2.22. The summed E-state index contributed by atoms with van der Waals surface area (Å²) >= 11 is 0. The summed E-state index contributed by atoms with van der Waals surface area (Å²) in [6, 6.07) is 13.4. The standard InChI is InChI=1S/C23H23N3O2/c1-15-5-3-4-6-19(15)21(17-9-12-24-13-10-17)25-22(27)20-16(2)11-14-26(23(20)28)18-7-8-18/h3-6,9-14,18,21H,7-8H2,1-2H3,(H,25,27). The van der Waals surface area contributed by atoms with E-state index in [2.05, 4.69) is 10.3 Å². The van der Waals surface area contributed by atoms with Crippen molar-refractivity contribution in [3.8, 4) is 0 Å². The summed E-state index contributed by atoms with van der Waals surface area (Å²) in [5.74, 6) is -0.345. The number of hydrogen-bond donors (Lipinski definition) is 1. The Morgan fingerprint density at radius 2 is 1.79 bits per heavy atom. The number of carbonyl (C=O) groups excluding carboxylic acids is 1. The summed E-state index contributed by atoms with van der Waals surface area (Å²) in [6.07, 6.45) is 7.20.